The topological polar surface area (TPSA) is 39.7 Å². The van der Waals surface area contributed by atoms with Crippen LogP contribution < -0.4 is 15.5 Å². The fraction of sp³-hybridized carbons (Fsp3) is 0.562. The molecule has 0 fully saturated rings. The van der Waals surface area contributed by atoms with Crippen molar-refractivity contribution in [3.05, 3.63) is 30.3 Å². The van der Waals surface area contributed by atoms with Gasteiger partial charge in [0.2, 0.25) is 0 Å². The first-order chi connectivity index (χ1) is 9.69. The lowest BCUT2D eigenvalue weighted by molar-refractivity contribution is 0.686. The molecule has 0 heterocycles. The molecule has 120 valence electrons. The van der Waals surface area contributed by atoms with E-state index in [-0.39, 0.29) is 24.0 Å². The van der Waals surface area contributed by atoms with Crippen LogP contribution in [0.1, 0.15) is 27.2 Å². The Morgan fingerprint density at radius 3 is 2.43 bits per heavy atom. The van der Waals surface area contributed by atoms with E-state index < -0.39 is 0 Å². The minimum Gasteiger partial charge on any atom is -0.370 e. The van der Waals surface area contributed by atoms with Crippen molar-refractivity contribution in [1.29, 1.82) is 0 Å². The van der Waals surface area contributed by atoms with Crippen molar-refractivity contribution in [3.8, 4) is 0 Å². The number of nitrogens with zero attached hydrogens (tertiary/aromatic N) is 2. The molecule has 0 saturated heterocycles. The molecule has 0 saturated carbocycles. The van der Waals surface area contributed by atoms with Crippen molar-refractivity contribution < 1.29 is 0 Å². The van der Waals surface area contributed by atoms with Crippen molar-refractivity contribution in [2.75, 3.05) is 31.6 Å². The predicted octanol–water partition coefficient (Wildman–Crippen LogP) is 3.09. The minimum absolute atomic E-state index is 0. The van der Waals surface area contributed by atoms with Gasteiger partial charge in [0, 0.05) is 31.9 Å². The lowest BCUT2D eigenvalue weighted by atomic mass is 10.2. The van der Waals surface area contributed by atoms with E-state index >= 15 is 0 Å². The standard InChI is InChI=1S/C16H28N4.HI/c1-5-12-18-16(17-6-2)19-13-14(3)20(4)15-10-8-7-9-11-15;/h7-11,14H,5-6,12-13H2,1-4H3,(H2,17,18,19);1H. The molecule has 4 nitrogen and oxygen atoms in total. The second kappa shape index (κ2) is 11.7. The van der Waals surface area contributed by atoms with Crippen LogP contribution in [-0.2, 0) is 0 Å². The largest absolute Gasteiger partial charge is 0.370 e. The van der Waals surface area contributed by atoms with Gasteiger partial charge >= 0.3 is 0 Å². The molecule has 1 atom stereocenters. The summed E-state index contributed by atoms with van der Waals surface area (Å²) in [5, 5.41) is 6.60. The van der Waals surface area contributed by atoms with Crippen molar-refractivity contribution in [1.82, 2.24) is 10.6 Å². The van der Waals surface area contributed by atoms with Crippen molar-refractivity contribution in [2.45, 2.75) is 33.2 Å². The molecule has 0 amide bonds. The minimum atomic E-state index is 0. The molecule has 2 N–H and O–H groups in total. The van der Waals surface area contributed by atoms with Gasteiger partial charge in [0.25, 0.3) is 0 Å². The molecule has 0 spiro atoms. The van der Waals surface area contributed by atoms with Gasteiger partial charge in [-0.25, -0.2) is 0 Å². The lowest BCUT2D eigenvalue weighted by Crippen LogP contribution is -2.39. The van der Waals surface area contributed by atoms with Gasteiger partial charge in [-0.15, -0.1) is 24.0 Å². The molecular weight excluding hydrogens is 375 g/mol. The van der Waals surface area contributed by atoms with Crippen LogP contribution in [0.5, 0.6) is 0 Å². The molecule has 0 bridgehead atoms. The number of nitrogens with one attached hydrogen (secondary N) is 2. The maximum Gasteiger partial charge on any atom is 0.191 e. The van der Waals surface area contributed by atoms with E-state index in [2.05, 4.69) is 72.6 Å². The van der Waals surface area contributed by atoms with Crippen molar-refractivity contribution in [2.24, 2.45) is 4.99 Å². The first-order valence-electron chi connectivity index (χ1n) is 7.49. The summed E-state index contributed by atoms with van der Waals surface area (Å²) in [5.74, 6) is 0.905. The Hall–Kier alpha value is -0.980. The molecule has 1 aromatic carbocycles. The molecule has 0 aliphatic carbocycles. The molecule has 1 aromatic rings. The summed E-state index contributed by atoms with van der Waals surface area (Å²) in [6, 6.07) is 10.8. The van der Waals surface area contributed by atoms with Crippen molar-refractivity contribution >= 4 is 35.6 Å². The van der Waals surface area contributed by atoms with Crippen LogP contribution in [-0.4, -0.2) is 38.7 Å². The third-order valence-electron chi connectivity index (χ3n) is 3.22. The molecule has 0 aromatic heterocycles. The van der Waals surface area contributed by atoms with E-state index in [0.29, 0.717) is 6.04 Å². The lowest BCUT2D eigenvalue weighted by Gasteiger charge is -2.26. The number of para-hydroxylation sites is 1. The van der Waals surface area contributed by atoms with Gasteiger partial charge in [-0.1, -0.05) is 25.1 Å². The number of aliphatic imine (C=N–C) groups is 1. The smallest absolute Gasteiger partial charge is 0.191 e. The van der Waals surface area contributed by atoms with Gasteiger partial charge in [0.15, 0.2) is 5.96 Å². The van der Waals surface area contributed by atoms with Gasteiger partial charge in [0.05, 0.1) is 6.54 Å². The zero-order valence-electron chi connectivity index (χ0n) is 13.6. The highest BCUT2D eigenvalue weighted by Gasteiger charge is 2.09. The molecule has 5 heteroatoms. The summed E-state index contributed by atoms with van der Waals surface area (Å²) in [6.45, 7) is 9.04. The van der Waals surface area contributed by atoms with E-state index in [1.54, 1.807) is 0 Å². The fourth-order valence-corrected chi connectivity index (χ4v) is 1.85. The summed E-state index contributed by atoms with van der Waals surface area (Å²) < 4.78 is 0. The quantitative estimate of drug-likeness (QED) is 0.417. The maximum atomic E-state index is 4.65. The van der Waals surface area contributed by atoms with E-state index in [1.807, 2.05) is 6.07 Å². The van der Waals surface area contributed by atoms with E-state index in [1.165, 1.54) is 5.69 Å². The molecule has 0 radical (unpaired) electrons. The summed E-state index contributed by atoms with van der Waals surface area (Å²) in [4.78, 5) is 6.91. The van der Waals surface area contributed by atoms with Crippen LogP contribution >= 0.6 is 24.0 Å². The Bertz CT molecular complexity index is 395. The third-order valence-corrected chi connectivity index (χ3v) is 3.22. The number of benzene rings is 1. The second-order valence-electron chi connectivity index (χ2n) is 4.94. The predicted molar refractivity (Wildman–Crippen MR) is 104 cm³/mol. The number of likely N-dealkylation sites (N-methyl/N-ethyl adjacent to an activating group) is 1. The van der Waals surface area contributed by atoms with Gasteiger partial charge in [-0.3, -0.25) is 4.99 Å². The van der Waals surface area contributed by atoms with E-state index in [4.69, 9.17) is 0 Å². The highest BCUT2D eigenvalue weighted by molar-refractivity contribution is 14.0. The van der Waals surface area contributed by atoms with Crippen LogP contribution in [0, 0.1) is 0 Å². The Labute approximate surface area is 146 Å². The fourth-order valence-electron chi connectivity index (χ4n) is 1.85. The van der Waals surface area contributed by atoms with Crippen LogP contribution in [0.3, 0.4) is 0 Å². The Kier molecular flexibility index (Phi) is 11.1. The Morgan fingerprint density at radius 2 is 1.86 bits per heavy atom. The SMILES string of the molecule is CCCNC(=NCC(C)N(C)c1ccccc1)NCC.I. The Balaban J connectivity index is 0.00000400. The number of guanidine groups is 1. The Morgan fingerprint density at radius 1 is 1.19 bits per heavy atom. The zero-order chi connectivity index (χ0) is 14.8. The zero-order valence-corrected chi connectivity index (χ0v) is 15.9. The van der Waals surface area contributed by atoms with Gasteiger partial charge in [-0.05, 0) is 32.4 Å². The second-order valence-corrected chi connectivity index (χ2v) is 4.94. The van der Waals surface area contributed by atoms with Crippen LogP contribution in [0.2, 0.25) is 0 Å². The third kappa shape index (κ3) is 7.55. The molecule has 21 heavy (non-hydrogen) atoms. The highest BCUT2D eigenvalue weighted by atomic mass is 127. The summed E-state index contributed by atoms with van der Waals surface area (Å²) in [7, 11) is 2.11. The van der Waals surface area contributed by atoms with Crippen LogP contribution in [0.15, 0.2) is 35.3 Å². The molecule has 0 aliphatic heterocycles. The van der Waals surface area contributed by atoms with Crippen LogP contribution in [0.25, 0.3) is 0 Å². The average molecular weight is 404 g/mol. The van der Waals surface area contributed by atoms with Crippen molar-refractivity contribution in [3.63, 3.8) is 0 Å². The molecule has 0 aliphatic rings. The summed E-state index contributed by atoms with van der Waals surface area (Å²) >= 11 is 0. The summed E-state index contributed by atoms with van der Waals surface area (Å²) in [5.41, 5.74) is 1.22. The highest BCUT2D eigenvalue weighted by Crippen LogP contribution is 2.13. The number of anilines is 1. The molecule has 1 unspecified atom stereocenters. The molecular formula is C16H29IN4. The number of halogens is 1. The monoisotopic (exact) mass is 404 g/mol. The maximum absolute atomic E-state index is 4.65. The average Bonchev–Trinajstić information content (AvgIpc) is 2.49. The molecule has 1 rings (SSSR count). The first-order valence-corrected chi connectivity index (χ1v) is 7.49. The number of hydrogen-bond acceptors (Lipinski definition) is 2. The summed E-state index contributed by atoms with van der Waals surface area (Å²) in [6.07, 6.45) is 1.10. The first kappa shape index (κ1) is 20.0. The normalized spacial score (nSPS) is 12.3. The number of hydrogen-bond donors (Lipinski definition) is 2. The van der Waals surface area contributed by atoms with Crippen LogP contribution in [0.4, 0.5) is 5.69 Å². The number of rotatable bonds is 7. The van der Waals surface area contributed by atoms with E-state index in [0.717, 1.165) is 32.0 Å². The van der Waals surface area contributed by atoms with Gasteiger partial charge in [0.1, 0.15) is 0 Å². The van der Waals surface area contributed by atoms with Gasteiger partial charge < -0.3 is 15.5 Å². The van der Waals surface area contributed by atoms with E-state index in [9.17, 15) is 0 Å². The van der Waals surface area contributed by atoms with Gasteiger partial charge in [-0.2, -0.15) is 0 Å².